The Balaban J connectivity index is 1.15. The predicted octanol–water partition coefficient (Wildman–Crippen LogP) is 3.49. The third-order valence-corrected chi connectivity index (χ3v) is 10.8. The first-order valence-electron chi connectivity index (χ1n) is 14.0. The molecule has 0 bridgehead atoms. The van der Waals surface area contributed by atoms with Gasteiger partial charge in [0.2, 0.25) is 11.8 Å². The zero-order valence-corrected chi connectivity index (χ0v) is 24.9. The van der Waals surface area contributed by atoms with Crippen molar-refractivity contribution in [3.8, 4) is 0 Å². The number of benzene rings is 1. The van der Waals surface area contributed by atoms with Gasteiger partial charge in [0.05, 0.1) is 10.6 Å². The van der Waals surface area contributed by atoms with E-state index in [0.717, 1.165) is 41.1 Å². The molecule has 15 heteroatoms. The Hall–Kier alpha value is -3.32. The molecule has 0 aliphatic carbocycles. The fourth-order valence-corrected chi connectivity index (χ4v) is 7.75. The zero-order chi connectivity index (χ0) is 30.7. The van der Waals surface area contributed by atoms with Crippen molar-refractivity contribution < 1.29 is 37.5 Å². The van der Waals surface area contributed by atoms with Gasteiger partial charge in [-0.05, 0) is 74.2 Å². The molecule has 11 nitrogen and oxygen atoms in total. The van der Waals surface area contributed by atoms with Crippen LogP contribution in [0.5, 0.6) is 0 Å². The molecule has 2 aromatic heterocycles. The van der Waals surface area contributed by atoms with Crippen molar-refractivity contribution >= 4 is 46.7 Å². The summed E-state index contributed by atoms with van der Waals surface area (Å²) in [5, 5.41) is 11.2. The van der Waals surface area contributed by atoms with Crippen LogP contribution in [0.4, 0.5) is 8.78 Å². The van der Waals surface area contributed by atoms with E-state index in [1.165, 1.54) is 12.1 Å². The lowest BCUT2D eigenvalue weighted by Crippen LogP contribution is -2.58. The highest BCUT2D eigenvalue weighted by atomic mass is 32.1. The second-order valence-corrected chi connectivity index (χ2v) is 14.2. The summed E-state index contributed by atoms with van der Waals surface area (Å²) < 4.78 is 40.2. The Morgan fingerprint density at radius 3 is 2.60 bits per heavy atom. The third-order valence-electron chi connectivity index (χ3n) is 8.67. The number of rotatable bonds is 6. The van der Waals surface area contributed by atoms with E-state index in [-0.39, 0.29) is 34.0 Å². The lowest BCUT2D eigenvalue weighted by atomic mass is 9.92. The van der Waals surface area contributed by atoms with Gasteiger partial charge in [0, 0.05) is 41.5 Å². The molecule has 228 valence electrons. The molecule has 3 amide bonds. The smallest absolute Gasteiger partial charge is 0.340 e. The van der Waals surface area contributed by atoms with Gasteiger partial charge in [-0.1, -0.05) is 6.07 Å². The number of alkyl halides is 2. The van der Waals surface area contributed by atoms with Crippen molar-refractivity contribution in [1.29, 1.82) is 0 Å². The van der Waals surface area contributed by atoms with Gasteiger partial charge in [-0.2, -0.15) is 19.0 Å². The van der Waals surface area contributed by atoms with Crippen molar-refractivity contribution in [3.05, 3.63) is 58.2 Å². The van der Waals surface area contributed by atoms with Crippen LogP contribution in [-0.4, -0.2) is 78.7 Å². The van der Waals surface area contributed by atoms with Crippen LogP contribution in [0.15, 0.2) is 36.5 Å². The topological polar surface area (TPSA) is 153 Å². The molecule has 0 unspecified atom stereocenters. The van der Waals surface area contributed by atoms with Gasteiger partial charge >= 0.3 is 13.3 Å². The van der Waals surface area contributed by atoms with E-state index in [2.05, 4.69) is 15.5 Å². The molecule has 3 fully saturated rings. The minimum atomic E-state index is -5.75. The second kappa shape index (κ2) is 11.0. The molecular weight excluding hydrogens is 603 g/mol. The molecule has 3 N–H and O–H groups in total. The van der Waals surface area contributed by atoms with Crippen LogP contribution in [0.25, 0.3) is 10.1 Å². The minimum Gasteiger partial charge on any atom is -0.340 e. The number of hydrogen-bond donors (Lipinski definition) is 3. The lowest BCUT2D eigenvalue weighted by molar-refractivity contribution is -0.148. The van der Waals surface area contributed by atoms with E-state index in [4.69, 9.17) is 9.79 Å². The molecule has 0 saturated carbocycles. The van der Waals surface area contributed by atoms with Crippen LogP contribution in [0.2, 0.25) is 0 Å². The summed E-state index contributed by atoms with van der Waals surface area (Å²) in [6, 6.07) is 4.88. The number of aromatic nitrogens is 2. The van der Waals surface area contributed by atoms with Crippen molar-refractivity contribution in [2.45, 2.75) is 68.7 Å². The number of likely N-dealkylation sites (tertiary alicyclic amines) is 1. The van der Waals surface area contributed by atoms with Crippen molar-refractivity contribution in [2.75, 3.05) is 13.1 Å². The zero-order valence-electron chi connectivity index (χ0n) is 23.2. The maximum absolute atomic E-state index is 14.2. The number of halogens is 2. The Labute approximate surface area is 249 Å². The van der Waals surface area contributed by atoms with E-state index in [1.54, 1.807) is 16.0 Å². The number of thiophene rings is 1. The van der Waals surface area contributed by atoms with Gasteiger partial charge < -0.3 is 24.9 Å². The molecule has 5 heterocycles. The van der Waals surface area contributed by atoms with E-state index < -0.39 is 36.8 Å². The summed E-state index contributed by atoms with van der Waals surface area (Å²) in [7, 11) is -5.75. The van der Waals surface area contributed by atoms with Gasteiger partial charge in [0.15, 0.2) is 0 Å². The van der Waals surface area contributed by atoms with Crippen LogP contribution in [0, 0.1) is 6.92 Å². The summed E-state index contributed by atoms with van der Waals surface area (Å²) in [5.74, 6) is -0.873. The monoisotopic (exact) mass is 633 g/mol. The van der Waals surface area contributed by atoms with Crippen LogP contribution >= 0.6 is 18.9 Å². The van der Waals surface area contributed by atoms with E-state index in [0.29, 0.717) is 43.5 Å². The fourth-order valence-electron chi connectivity index (χ4n) is 6.33. The van der Waals surface area contributed by atoms with Crippen LogP contribution in [-0.2, 0) is 19.8 Å². The van der Waals surface area contributed by atoms with Gasteiger partial charge in [-0.15, -0.1) is 11.3 Å². The summed E-state index contributed by atoms with van der Waals surface area (Å²) in [4.78, 5) is 62.2. The lowest BCUT2D eigenvalue weighted by Gasteiger charge is -2.42. The highest BCUT2D eigenvalue weighted by Gasteiger charge is 2.51. The maximum atomic E-state index is 14.2. The fraction of sp³-hybridized carbons (Fsp3) is 0.464. The van der Waals surface area contributed by atoms with Crippen LogP contribution < -0.4 is 5.32 Å². The van der Waals surface area contributed by atoms with Crippen molar-refractivity contribution in [2.24, 2.45) is 0 Å². The Morgan fingerprint density at radius 2 is 1.88 bits per heavy atom. The normalized spacial score (nSPS) is 23.2. The highest BCUT2D eigenvalue weighted by Crippen LogP contribution is 2.59. The Bertz CT molecular complexity index is 1660. The average molecular weight is 634 g/mol. The number of fused-ring (bicyclic) bond motifs is 2. The molecule has 3 atom stereocenters. The Morgan fingerprint density at radius 1 is 1.12 bits per heavy atom. The van der Waals surface area contributed by atoms with Crippen molar-refractivity contribution in [1.82, 2.24) is 25.3 Å². The van der Waals surface area contributed by atoms with Gasteiger partial charge in [-0.3, -0.25) is 18.9 Å². The van der Waals surface area contributed by atoms with E-state index >= 15 is 0 Å². The highest BCUT2D eigenvalue weighted by molar-refractivity contribution is 7.52. The first-order valence-corrected chi connectivity index (χ1v) is 16.5. The predicted molar refractivity (Wildman–Crippen MR) is 153 cm³/mol. The largest absolute Gasteiger partial charge is 0.399 e. The van der Waals surface area contributed by atoms with Gasteiger partial charge in [-0.25, -0.2) is 0 Å². The van der Waals surface area contributed by atoms with E-state index in [9.17, 15) is 27.7 Å². The third kappa shape index (κ3) is 5.34. The number of aryl methyl sites for hydroxylation is 1. The van der Waals surface area contributed by atoms with Gasteiger partial charge in [0.1, 0.15) is 12.1 Å². The van der Waals surface area contributed by atoms with Crippen LogP contribution in [0.3, 0.4) is 0 Å². The first kappa shape index (κ1) is 29.7. The number of carbonyl (C=O) groups excluding carboxylic acids is 3. The second-order valence-electron chi connectivity index (χ2n) is 11.4. The summed E-state index contributed by atoms with van der Waals surface area (Å²) in [6.45, 7) is 2.98. The number of amides is 3. The molecule has 3 aromatic rings. The number of nitrogens with one attached hydrogen (secondary N) is 1. The minimum absolute atomic E-state index is 0.0823. The molecule has 3 saturated heterocycles. The van der Waals surface area contributed by atoms with Gasteiger partial charge in [0.25, 0.3) is 5.91 Å². The number of carbonyl (C=O) groups is 3. The first-order chi connectivity index (χ1) is 20.3. The summed E-state index contributed by atoms with van der Waals surface area (Å²) >= 11 is 1.02. The molecule has 0 radical (unpaired) electrons. The molecule has 3 aliphatic rings. The molecule has 3 aliphatic heterocycles. The number of hydrogen-bond acceptors (Lipinski definition) is 7. The maximum Gasteiger partial charge on any atom is 0.399 e. The quantitative estimate of drug-likeness (QED) is 0.349. The number of nitrogens with zero attached hydrogens (tertiary/aromatic N) is 4. The summed E-state index contributed by atoms with van der Waals surface area (Å²) in [6.07, 6.45) is 4.71. The average Bonchev–Trinajstić information content (AvgIpc) is 3.52. The molecule has 0 spiro atoms. The molecule has 1 aromatic carbocycles. The molecule has 43 heavy (non-hydrogen) atoms. The molecular formula is C28H30F2N5O6PS. The molecule has 6 rings (SSSR count). The van der Waals surface area contributed by atoms with Crippen LogP contribution in [0.1, 0.15) is 64.5 Å². The summed E-state index contributed by atoms with van der Waals surface area (Å²) in [5.41, 5.74) is -3.33. The van der Waals surface area contributed by atoms with Crippen molar-refractivity contribution in [3.63, 3.8) is 0 Å². The standard InChI is InChI=1S/C28H30F2N5O6PS/c1-15-9-10-31-33-24(15)17-13-34(14-17)27(38)21-7-6-19-3-2-4-20(26(37)35(19)21)32-25(36)23-12-16-11-18(5-8-22(16)43-23)28(29,30)42(39,40)41/h5,8-12,17,19-21H,2-4,6-7,13-14H2,1H3,(H,32,36)(H2,39,40,41)/t19-,20-,21-/m0/s1. The van der Waals surface area contributed by atoms with E-state index in [1.807, 2.05) is 13.0 Å². The Kier molecular flexibility index (Phi) is 7.60. The SMILES string of the molecule is Cc1ccnnc1C1CN(C(=O)[C@@H]2CC[C@@H]3CCC[C@H](NC(=O)c4cc5cc(C(F)(F)P(=O)(O)O)ccc5s4)C(=O)N32)C1.